The van der Waals surface area contributed by atoms with Crippen LogP contribution in [0.5, 0.6) is 5.88 Å². The van der Waals surface area contributed by atoms with Gasteiger partial charge in [-0.3, -0.25) is 5.32 Å². The van der Waals surface area contributed by atoms with Crippen LogP contribution in [0.1, 0.15) is 24.4 Å². The molecule has 0 radical (unpaired) electrons. The molecule has 5 rings (SSSR count). The van der Waals surface area contributed by atoms with Crippen LogP contribution < -0.4 is 26.4 Å². The standard InChI is InChI=1S/C23H25N7O8/c1-23(2)36-16-13(9-34-14-8-12(21(31)32)38-30-14)35-20(17(16)37-23)28-18-15(24)19(26-10-25-18)29-22(33)27-11-6-4-3-5-7-11/h3-8,10,13,16-17,20H,9,24H2,1-2H3,(H,31,32)(H3,25,26,27,28,29,33). The number of nitrogens with one attached hydrogen (secondary N) is 3. The van der Waals surface area contributed by atoms with E-state index < -0.39 is 42.3 Å². The topological polar surface area (TPSA) is 205 Å². The average molecular weight is 527 g/mol. The zero-order valence-electron chi connectivity index (χ0n) is 20.3. The molecule has 1 aromatic carbocycles. The van der Waals surface area contributed by atoms with Gasteiger partial charge in [-0.05, 0) is 31.1 Å². The normalized spacial score (nSPS) is 23.4. The zero-order valence-corrected chi connectivity index (χ0v) is 20.3. The third-order valence-electron chi connectivity index (χ3n) is 5.67. The van der Waals surface area contributed by atoms with E-state index >= 15 is 0 Å². The summed E-state index contributed by atoms with van der Waals surface area (Å²) in [7, 11) is 0. The van der Waals surface area contributed by atoms with Crippen LogP contribution in [-0.2, 0) is 14.2 Å². The molecule has 0 aliphatic carbocycles. The molecule has 2 saturated heterocycles. The average Bonchev–Trinajstić information content (AvgIpc) is 3.55. The summed E-state index contributed by atoms with van der Waals surface area (Å²) in [5.41, 5.74) is 6.92. The molecule has 3 aromatic rings. The van der Waals surface area contributed by atoms with Gasteiger partial charge in [0.05, 0.1) is 6.07 Å². The van der Waals surface area contributed by atoms with E-state index in [1.165, 1.54) is 6.33 Å². The number of benzene rings is 1. The molecule has 0 spiro atoms. The van der Waals surface area contributed by atoms with Crippen LogP contribution in [0.15, 0.2) is 47.2 Å². The molecule has 200 valence electrons. The minimum absolute atomic E-state index is 0.0123. The van der Waals surface area contributed by atoms with E-state index in [2.05, 4.69) is 31.1 Å². The number of nitrogens with two attached hydrogens (primary N) is 1. The van der Waals surface area contributed by atoms with Crippen LogP contribution in [0.3, 0.4) is 0 Å². The molecule has 4 unspecified atom stereocenters. The van der Waals surface area contributed by atoms with Crippen LogP contribution in [0.25, 0.3) is 0 Å². The van der Waals surface area contributed by atoms with Crippen molar-refractivity contribution in [3.8, 4) is 5.88 Å². The van der Waals surface area contributed by atoms with Gasteiger partial charge in [0, 0.05) is 5.69 Å². The lowest BCUT2D eigenvalue weighted by Gasteiger charge is -2.25. The highest BCUT2D eigenvalue weighted by Crippen LogP contribution is 2.39. The number of anilines is 4. The first-order valence-corrected chi connectivity index (χ1v) is 11.5. The Hall–Kier alpha value is -4.47. The molecule has 6 N–H and O–H groups in total. The minimum atomic E-state index is -1.27. The molecule has 0 saturated carbocycles. The number of ether oxygens (including phenoxy) is 4. The largest absolute Gasteiger partial charge is 0.475 e. The lowest BCUT2D eigenvalue weighted by atomic mass is 10.1. The smallest absolute Gasteiger partial charge is 0.374 e. The van der Waals surface area contributed by atoms with Crippen molar-refractivity contribution in [3.05, 3.63) is 48.5 Å². The molecular formula is C23H25N7O8. The van der Waals surface area contributed by atoms with Gasteiger partial charge in [0.25, 0.3) is 5.88 Å². The number of hydrogen-bond acceptors (Lipinski definition) is 12. The number of carbonyl (C=O) groups is 2. The number of nitrogens with zero attached hydrogens (tertiary/aromatic N) is 3. The number of nitrogen functional groups attached to an aromatic ring is 1. The second-order valence-electron chi connectivity index (χ2n) is 8.88. The molecule has 2 amide bonds. The van der Waals surface area contributed by atoms with Crippen molar-refractivity contribution < 1.29 is 38.2 Å². The van der Waals surface area contributed by atoms with Gasteiger partial charge in [-0.15, -0.1) is 0 Å². The number of aromatic carboxylic acids is 1. The van der Waals surface area contributed by atoms with Crippen LogP contribution in [-0.4, -0.2) is 69.2 Å². The number of carboxylic acid groups (broad SMARTS) is 1. The summed E-state index contributed by atoms with van der Waals surface area (Å²) >= 11 is 0. The van der Waals surface area contributed by atoms with Gasteiger partial charge in [-0.1, -0.05) is 18.2 Å². The fraction of sp³-hybridized carbons (Fsp3) is 0.348. The number of aromatic nitrogens is 3. The second kappa shape index (κ2) is 10.1. The molecule has 4 atom stereocenters. The third kappa shape index (κ3) is 5.44. The van der Waals surface area contributed by atoms with Crippen LogP contribution in [0.2, 0.25) is 0 Å². The second-order valence-corrected chi connectivity index (χ2v) is 8.88. The summed E-state index contributed by atoms with van der Waals surface area (Å²) in [4.78, 5) is 31.6. The Bertz CT molecular complexity index is 1320. The highest BCUT2D eigenvalue weighted by Gasteiger charge is 2.55. The van der Waals surface area contributed by atoms with Crippen molar-refractivity contribution in [1.82, 2.24) is 15.1 Å². The molecular weight excluding hydrogens is 502 g/mol. The van der Waals surface area contributed by atoms with E-state index in [-0.39, 0.29) is 35.6 Å². The van der Waals surface area contributed by atoms with E-state index in [0.717, 1.165) is 6.07 Å². The minimum Gasteiger partial charge on any atom is -0.475 e. The number of rotatable bonds is 8. The fourth-order valence-electron chi connectivity index (χ4n) is 4.06. The summed E-state index contributed by atoms with van der Waals surface area (Å²) in [6, 6.07) is 9.52. The van der Waals surface area contributed by atoms with Gasteiger partial charge < -0.3 is 44.9 Å². The maximum atomic E-state index is 12.4. The number of amides is 2. The Morgan fingerprint density at radius 3 is 2.58 bits per heavy atom. The first-order chi connectivity index (χ1) is 18.2. The summed E-state index contributed by atoms with van der Waals surface area (Å²) in [6.07, 6.45) is -1.25. The van der Waals surface area contributed by atoms with Gasteiger partial charge in [0.2, 0.25) is 5.76 Å². The molecule has 0 bridgehead atoms. The molecule has 2 aliphatic rings. The van der Waals surface area contributed by atoms with Gasteiger partial charge >= 0.3 is 12.0 Å². The van der Waals surface area contributed by atoms with Gasteiger partial charge in [-0.25, -0.2) is 19.6 Å². The summed E-state index contributed by atoms with van der Waals surface area (Å²) in [5.74, 6) is -2.24. The Balaban J connectivity index is 1.26. The van der Waals surface area contributed by atoms with E-state index in [0.29, 0.717) is 5.69 Å². The van der Waals surface area contributed by atoms with Crippen molar-refractivity contribution in [1.29, 1.82) is 0 Å². The first-order valence-electron chi connectivity index (χ1n) is 11.5. The number of hydrogen-bond donors (Lipinski definition) is 5. The van der Waals surface area contributed by atoms with Crippen molar-refractivity contribution in [2.24, 2.45) is 0 Å². The lowest BCUT2D eigenvalue weighted by molar-refractivity contribution is -0.186. The predicted octanol–water partition coefficient (Wildman–Crippen LogP) is 2.12. The molecule has 15 nitrogen and oxygen atoms in total. The number of carboxylic acids is 1. The van der Waals surface area contributed by atoms with Gasteiger partial charge in [0.15, 0.2) is 23.7 Å². The molecule has 2 aliphatic heterocycles. The molecule has 38 heavy (non-hydrogen) atoms. The van der Waals surface area contributed by atoms with Crippen molar-refractivity contribution in [2.45, 2.75) is 44.2 Å². The van der Waals surface area contributed by atoms with E-state index in [1.54, 1.807) is 38.1 Å². The highest BCUT2D eigenvalue weighted by molar-refractivity contribution is 6.01. The van der Waals surface area contributed by atoms with Gasteiger partial charge in [-0.2, -0.15) is 0 Å². The Labute approximate surface area is 215 Å². The lowest BCUT2D eigenvalue weighted by Crippen LogP contribution is -2.35. The van der Waals surface area contributed by atoms with E-state index in [4.69, 9.17) is 34.3 Å². The molecule has 2 aromatic heterocycles. The van der Waals surface area contributed by atoms with Crippen LogP contribution in [0.4, 0.5) is 27.8 Å². The monoisotopic (exact) mass is 527 g/mol. The number of fused-ring (bicyclic) bond motifs is 1. The molecule has 15 heteroatoms. The van der Waals surface area contributed by atoms with Crippen molar-refractivity contribution in [2.75, 3.05) is 28.3 Å². The maximum absolute atomic E-state index is 12.4. The summed E-state index contributed by atoms with van der Waals surface area (Å²) in [6.45, 7) is 3.50. The zero-order chi connectivity index (χ0) is 26.9. The van der Waals surface area contributed by atoms with Crippen LogP contribution >= 0.6 is 0 Å². The SMILES string of the molecule is CC1(C)OC2C(COc3cc(C(=O)O)on3)OC(Nc3ncnc(NC(=O)Nc4ccccc4)c3N)C2O1. The number of para-hydroxylation sites is 1. The number of urea groups is 1. The van der Waals surface area contributed by atoms with E-state index in [9.17, 15) is 9.59 Å². The third-order valence-corrected chi connectivity index (χ3v) is 5.67. The maximum Gasteiger partial charge on any atom is 0.374 e. The first kappa shape index (κ1) is 25.2. The summed E-state index contributed by atoms with van der Waals surface area (Å²) in [5, 5.41) is 20.9. The van der Waals surface area contributed by atoms with Gasteiger partial charge in [0.1, 0.15) is 36.9 Å². The summed E-state index contributed by atoms with van der Waals surface area (Å²) < 4.78 is 28.4. The number of carbonyl (C=O) groups excluding carboxylic acids is 1. The van der Waals surface area contributed by atoms with Crippen molar-refractivity contribution in [3.63, 3.8) is 0 Å². The quantitative estimate of drug-likeness (QED) is 0.285. The highest BCUT2D eigenvalue weighted by atomic mass is 16.8. The van der Waals surface area contributed by atoms with Crippen LogP contribution in [0, 0.1) is 0 Å². The molecule has 4 heterocycles. The fourth-order valence-corrected chi connectivity index (χ4v) is 4.06. The Kier molecular flexibility index (Phi) is 6.71. The Morgan fingerprint density at radius 1 is 1.11 bits per heavy atom. The van der Waals surface area contributed by atoms with E-state index in [1.807, 2.05) is 6.07 Å². The Morgan fingerprint density at radius 2 is 1.84 bits per heavy atom. The van der Waals surface area contributed by atoms with Crippen molar-refractivity contribution >= 4 is 35.0 Å². The molecule has 2 fully saturated rings. The predicted molar refractivity (Wildman–Crippen MR) is 131 cm³/mol.